The number of hydrogen-bond donors (Lipinski definition) is 0. The Hall–Kier alpha value is -4.79. The molecule has 0 spiro atoms. The highest BCUT2D eigenvalue weighted by atomic mass is 32.2. The average Bonchev–Trinajstić information content (AvgIpc) is 3.39. The van der Waals surface area contributed by atoms with Crippen molar-refractivity contribution in [1.82, 2.24) is 0 Å². The smallest absolute Gasteiger partial charge is 0.135 e. The summed E-state index contributed by atoms with van der Waals surface area (Å²) in [5.41, 5.74) is 9.43. The SMILES string of the molecule is c1ccc(-c2ccc3cc4c5c(cccc5c3c2)Sc2cc(-c3ccc5oc6ccccc6c5c3)ccc2-4)cc1. The van der Waals surface area contributed by atoms with Crippen LogP contribution in [0.1, 0.15) is 0 Å². The molecule has 0 unspecified atom stereocenters. The topological polar surface area (TPSA) is 13.1 Å². The predicted octanol–water partition coefficient (Wildman–Crippen LogP) is 11.4. The van der Waals surface area contributed by atoms with E-state index in [1.165, 1.54) is 64.7 Å². The molecule has 0 atom stereocenters. The number of furan rings is 1. The maximum atomic E-state index is 6.07. The van der Waals surface area contributed by atoms with Crippen molar-refractivity contribution in [3.63, 3.8) is 0 Å². The Morgan fingerprint density at radius 1 is 0.400 bits per heavy atom. The molecule has 0 radical (unpaired) electrons. The van der Waals surface area contributed by atoms with Gasteiger partial charge in [0.1, 0.15) is 11.2 Å². The molecule has 9 rings (SSSR count). The Bertz CT molecular complexity index is 2290. The third-order valence-electron chi connectivity index (χ3n) is 8.25. The van der Waals surface area contributed by atoms with Gasteiger partial charge < -0.3 is 4.42 Å². The van der Waals surface area contributed by atoms with E-state index < -0.39 is 0 Å². The Morgan fingerprint density at radius 2 is 1.12 bits per heavy atom. The van der Waals surface area contributed by atoms with Gasteiger partial charge in [-0.15, -0.1) is 0 Å². The van der Waals surface area contributed by atoms with Crippen molar-refractivity contribution in [2.75, 3.05) is 0 Å². The van der Waals surface area contributed by atoms with E-state index in [9.17, 15) is 0 Å². The van der Waals surface area contributed by atoms with Crippen molar-refractivity contribution in [3.05, 3.63) is 133 Å². The van der Waals surface area contributed by atoms with E-state index in [2.05, 4.69) is 121 Å². The van der Waals surface area contributed by atoms with Gasteiger partial charge in [0.15, 0.2) is 0 Å². The minimum absolute atomic E-state index is 0.931. The van der Waals surface area contributed by atoms with Crippen LogP contribution < -0.4 is 0 Å². The maximum absolute atomic E-state index is 6.07. The largest absolute Gasteiger partial charge is 0.456 e. The fraction of sp³-hybridized carbons (Fsp3) is 0. The molecule has 0 aliphatic carbocycles. The first kappa shape index (κ1) is 22.1. The molecule has 1 aliphatic heterocycles. The van der Waals surface area contributed by atoms with Crippen LogP contribution in [0.25, 0.3) is 76.9 Å². The van der Waals surface area contributed by atoms with Gasteiger partial charge in [0.2, 0.25) is 0 Å². The summed E-state index contributed by atoms with van der Waals surface area (Å²) in [6, 6.07) is 48.4. The molecule has 1 aromatic heterocycles. The first-order chi connectivity index (χ1) is 19.8. The van der Waals surface area contributed by atoms with Crippen molar-refractivity contribution in [1.29, 1.82) is 0 Å². The minimum Gasteiger partial charge on any atom is -0.456 e. The quantitative estimate of drug-likeness (QED) is 0.208. The van der Waals surface area contributed by atoms with Crippen molar-refractivity contribution >= 4 is 55.2 Å². The van der Waals surface area contributed by atoms with Gasteiger partial charge in [0, 0.05) is 25.9 Å². The Labute approximate surface area is 235 Å². The van der Waals surface area contributed by atoms with Gasteiger partial charge in [0.25, 0.3) is 0 Å². The monoisotopic (exact) mass is 526 g/mol. The van der Waals surface area contributed by atoms with E-state index in [1.807, 2.05) is 23.9 Å². The van der Waals surface area contributed by atoms with Gasteiger partial charge in [-0.05, 0) is 92.0 Å². The van der Waals surface area contributed by atoms with E-state index in [4.69, 9.17) is 4.42 Å². The van der Waals surface area contributed by atoms with Crippen LogP contribution in [0.4, 0.5) is 0 Å². The van der Waals surface area contributed by atoms with Gasteiger partial charge >= 0.3 is 0 Å². The lowest BCUT2D eigenvalue weighted by atomic mass is 9.90. The van der Waals surface area contributed by atoms with Crippen LogP contribution in [0.5, 0.6) is 0 Å². The molecule has 2 heteroatoms. The lowest BCUT2D eigenvalue weighted by molar-refractivity contribution is 0.669. The van der Waals surface area contributed by atoms with E-state index in [0.29, 0.717) is 0 Å². The second-order valence-corrected chi connectivity index (χ2v) is 11.6. The van der Waals surface area contributed by atoms with Crippen LogP contribution in [0.2, 0.25) is 0 Å². The average molecular weight is 527 g/mol. The zero-order chi connectivity index (χ0) is 26.2. The Kier molecular flexibility index (Phi) is 4.61. The van der Waals surface area contributed by atoms with Crippen LogP contribution in [0.3, 0.4) is 0 Å². The fourth-order valence-corrected chi connectivity index (χ4v) is 7.50. The van der Waals surface area contributed by atoms with Gasteiger partial charge in [-0.2, -0.15) is 0 Å². The molecule has 2 heterocycles. The predicted molar refractivity (Wildman–Crippen MR) is 169 cm³/mol. The van der Waals surface area contributed by atoms with E-state index in [-0.39, 0.29) is 0 Å². The van der Waals surface area contributed by atoms with E-state index >= 15 is 0 Å². The Balaban J connectivity index is 1.21. The second-order valence-electron chi connectivity index (χ2n) is 10.5. The number of rotatable bonds is 2. The van der Waals surface area contributed by atoms with Crippen molar-refractivity contribution in [3.8, 4) is 33.4 Å². The summed E-state index contributed by atoms with van der Waals surface area (Å²) in [7, 11) is 0. The first-order valence-electron chi connectivity index (χ1n) is 13.6. The third-order valence-corrected chi connectivity index (χ3v) is 9.37. The zero-order valence-corrected chi connectivity index (χ0v) is 22.3. The molecule has 1 aliphatic rings. The normalized spacial score (nSPS) is 12.4. The summed E-state index contributed by atoms with van der Waals surface area (Å²) in [6.45, 7) is 0. The van der Waals surface area contributed by atoms with Crippen LogP contribution in [-0.2, 0) is 0 Å². The number of hydrogen-bond acceptors (Lipinski definition) is 2. The maximum Gasteiger partial charge on any atom is 0.135 e. The van der Waals surface area contributed by atoms with E-state index in [1.54, 1.807) is 0 Å². The summed E-state index contributed by atoms with van der Waals surface area (Å²) in [6.07, 6.45) is 0. The summed E-state index contributed by atoms with van der Waals surface area (Å²) in [5, 5.41) is 7.59. The molecule has 186 valence electrons. The lowest BCUT2D eigenvalue weighted by Crippen LogP contribution is -1.95. The molecule has 40 heavy (non-hydrogen) atoms. The van der Waals surface area contributed by atoms with Crippen molar-refractivity contribution < 1.29 is 4.42 Å². The van der Waals surface area contributed by atoms with Gasteiger partial charge in [-0.1, -0.05) is 103 Å². The van der Waals surface area contributed by atoms with Crippen LogP contribution in [0.15, 0.2) is 148 Å². The Morgan fingerprint density at radius 3 is 2.08 bits per heavy atom. The molecule has 8 aromatic rings. The van der Waals surface area contributed by atoms with Gasteiger partial charge in [-0.25, -0.2) is 0 Å². The molecular weight excluding hydrogens is 504 g/mol. The molecule has 0 N–H and O–H groups in total. The lowest BCUT2D eigenvalue weighted by Gasteiger charge is -2.22. The molecule has 0 bridgehead atoms. The highest BCUT2D eigenvalue weighted by Gasteiger charge is 2.21. The van der Waals surface area contributed by atoms with E-state index in [0.717, 1.165) is 21.9 Å². The number of fused-ring (bicyclic) bond motifs is 7. The van der Waals surface area contributed by atoms with Crippen molar-refractivity contribution in [2.24, 2.45) is 0 Å². The number of para-hydroxylation sites is 1. The minimum atomic E-state index is 0.931. The standard InChI is InChI=1S/C38H22OS/c1-2-7-23(8-3-1)24-13-14-27-21-33-29-17-15-26(22-37(29)40-36-12-6-10-30(38(33)36)31(27)19-24)25-16-18-35-32(20-25)28-9-4-5-11-34(28)39-35/h1-22H. The van der Waals surface area contributed by atoms with Gasteiger partial charge in [-0.3, -0.25) is 0 Å². The second kappa shape index (κ2) is 8.35. The molecule has 0 saturated carbocycles. The molecule has 0 amide bonds. The summed E-state index contributed by atoms with van der Waals surface area (Å²) in [5.74, 6) is 0. The fourth-order valence-electron chi connectivity index (χ4n) is 6.32. The first-order valence-corrected chi connectivity index (χ1v) is 14.4. The zero-order valence-electron chi connectivity index (χ0n) is 21.5. The third kappa shape index (κ3) is 3.23. The molecule has 0 fully saturated rings. The van der Waals surface area contributed by atoms with Crippen LogP contribution >= 0.6 is 11.8 Å². The summed E-state index contributed by atoms with van der Waals surface area (Å²) >= 11 is 1.88. The molecule has 1 nitrogen and oxygen atoms in total. The molecular formula is C38H22OS. The van der Waals surface area contributed by atoms with Crippen LogP contribution in [0, 0.1) is 0 Å². The highest BCUT2D eigenvalue weighted by molar-refractivity contribution is 7.99. The molecule has 0 saturated heterocycles. The van der Waals surface area contributed by atoms with Crippen LogP contribution in [-0.4, -0.2) is 0 Å². The number of benzene rings is 7. The molecule has 7 aromatic carbocycles. The highest BCUT2D eigenvalue weighted by Crippen LogP contribution is 2.51. The van der Waals surface area contributed by atoms with Gasteiger partial charge in [0.05, 0.1) is 0 Å². The van der Waals surface area contributed by atoms with Crippen molar-refractivity contribution in [2.45, 2.75) is 9.79 Å². The summed E-state index contributed by atoms with van der Waals surface area (Å²) < 4.78 is 6.07. The summed E-state index contributed by atoms with van der Waals surface area (Å²) in [4.78, 5) is 2.62.